The van der Waals surface area contributed by atoms with Crippen LogP contribution in [0.4, 0.5) is 5.69 Å². The number of anilines is 1. The van der Waals surface area contributed by atoms with E-state index in [9.17, 15) is 0 Å². The fourth-order valence-corrected chi connectivity index (χ4v) is 2.63. The Morgan fingerprint density at radius 2 is 2.26 bits per heavy atom. The van der Waals surface area contributed by atoms with Crippen LogP contribution in [0.2, 0.25) is 0 Å². The van der Waals surface area contributed by atoms with Crippen LogP contribution in [0.1, 0.15) is 25.3 Å². The lowest BCUT2D eigenvalue weighted by Gasteiger charge is -2.26. The topological polar surface area (TPSA) is 53.6 Å². The second-order valence-corrected chi connectivity index (χ2v) is 5.57. The maximum absolute atomic E-state index is 5.88. The van der Waals surface area contributed by atoms with Crippen molar-refractivity contribution in [2.45, 2.75) is 38.3 Å². The molecular formula is C15H22N4. The highest BCUT2D eigenvalue weighted by Gasteiger charge is 2.23. The van der Waals surface area contributed by atoms with Crippen molar-refractivity contribution in [3.8, 4) is 0 Å². The third kappa shape index (κ3) is 2.83. The van der Waals surface area contributed by atoms with Gasteiger partial charge in [-0.15, -0.1) is 0 Å². The molecule has 1 atom stereocenters. The van der Waals surface area contributed by atoms with Crippen molar-refractivity contribution in [1.82, 2.24) is 5.32 Å². The number of benzene rings is 1. The Labute approximate surface area is 114 Å². The van der Waals surface area contributed by atoms with Crippen LogP contribution < -0.4 is 16.0 Å². The molecule has 0 saturated heterocycles. The van der Waals surface area contributed by atoms with Crippen molar-refractivity contribution >= 4 is 11.6 Å². The van der Waals surface area contributed by atoms with E-state index < -0.39 is 0 Å². The first-order valence-corrected chi connectivity index (χ1v) is 7.15. The minimum atomic E-state index is 0.392. The standard InChI is InChI=1S/C15H22N4/c1-11(10-17-15(16)18-13-6-7-13)19-9-8-12-4-2-3-5-14(12)19/h2-5,11,13H,6-10H2,1H3,(H3,16,17,18). The van der Waals surface area contributed by atoms with Gasteiger partial charge in [-0.25, -0.2) is 0 Å². The fourth-order valence-electron chi connectivity index (χ4n) is 2.63. The van der Waals surface area contributed by atoms with E-state index in [1.165, 1.54) is 24.1 Å². The highest BCUT2D eigenvalue weighted by molar-refractivity contribution is 5.78. The van der Waals surface area contributed by atoms with Gasteiger partial charge in [0.2, 0.25) is 0 Å². The third-order valence-corrected chi connectivity index (χ3v) is 3.91. The fraction of sp³-hybridized carbons (Fsp3) is 0.533. The first-order valence-electron chi connectivity index (χ1n) is 7.15. The van der Waals surface area contributed by atoms with E-state index in [4.69, 9.17) is 5.73 Å². The molecule has 0 amide bonds. The van der Waals surface area contributed by atoms with Gasteiger partial charge in [-0.3, -0.25) is 4.99 Å². The summed E-state index contributed by atoms with van der Waals surface area (Å²) in [5, 5.41) is 3.23. The van der Waals surface area contributed by atoms with Crippen LogP contribution in [-0.4, -0.2) is 31.1 Å². The lowest BCUT2D eigenvalue weighted by Crippen LogP contribution is -2.37. The Hall–Kier alpha value is -1.71. The van der Waals surface area contributed by atoms with Gasteiger partial charge in [0.05, 0.1) is 6.54 Å². The lowest BCUT2D eigenvalue weighted by molar-refractivity contribution is 0.661. The molecular weight excluding hydrogens is 236 g/mol. The maximum atomic E-state index is 5.88. The average Bonchev–Trinajstić information content (AvgIpc) is 3.12. The number of fused-ring (bicyclic) bond motifs is 1. The molecule has 1 aliphatic carbocycles. The smallest absolute Gasteiger partial charge is 0.188 e. The zero-order chi connectivity index (χ0) is 13.2. The molecule has 3 rings (SSSR count). The number of aliphatic imine (C=N–C) groups is 1. The molecule has 0 radical (unpaired) electrons. The molecule has 1 fully saturated rings. The second-order valence-electron chi connectivity index (χ2n) is 5.57. The van der Waals surface area contributed by atoms with Crippen LogP contribution in [-0.2, 0) is 6.42 Å². The summed E-state index contributed by atoms with van der Waals surface area (Å²) in [6, 6.07) is 9.61. The summed E-state index contributed by atoms with van der Waals surface area (Å²) in [4.78, 5) is 6.90. The summed E-state index contributed by atoms with van der Waals surface area (Å²) < 4.78 is 0. The molecule has 1 heterocycles. The molecule has 0 bridgehead atoms. The molecule has 1 aromatic carbocycles. The predicted octanol–water partition coefficient (Wildman–Crippen LogP) is 1.50. The number of nitrogens with one attached hydrogen (secondary N) is 1. The van der Waals surface area contributed by atoms with Crippen molar-refractivity contribution < 1.29 is 0 Å². The summed E-state index contributed by atoms with van der Waals surface area (Å²) in [6.07, 6.45) is 3.59. The van der Waals surface area contributed by atoms with E-state index in [0.717, 1.165) is 19.5 Å². The SMILES string of the molecule is CC(CN=C(N)NC1CC1)N1CCc2ccccc21. The molecule has 4 heteroatoms. The minimum absolute atomic E-state index is 0.392. The largest absolute Gasteiger partial charge is 0.370 e. The quantitative estimate of drug-likeness (QED) is 0.636. The molecule has 4 nitrogen and oxygen atoms in total. The van der Waals surface area contributed by atoms with Gasteiger partial charge in [0, 0.05) is 24.3 Å². The van der Waals surface area contributed by atoms with Crippen LogP contribution in [0.25, 0.3) is 0 Å². The van der Waals surface area contributed by atoms with Gasteiger partial charge < -0.3 is 16.0 Å². The van der Waals surface area contributed by atoms with Crippen molar-refractivity contribution in [3.63, 3.8) is 0 Å². The van der Waals surface area contributed by atoms with E-state index in [1.807, 2.05) is 0 Å². The maximum Gasteiger partial charge on any atom is 0.188 e. The van der Waals surface area contributed by atoms with E-state index in [-0.39, 0.29) is 0 Å². The average molecular weight is 258 g/mol. The molecule has 3 N–H and O–H groups in total. The number of nitrogens with zero attached hydrogens (tertiary/aromatic N) is 2. The van der Waals surface area contributed by atoms with Crippen molar-refractivity contribution in [2.75, 3.05) is 18.0 Å². The van der Waals surface area contributed by atoms with E-state index in [1.54, 1.807) is 0 Å². The summed E-state index contributed by atoms with van der Waals surface area (Å²) in [6.45, 7) is 4.06. The van der Waals surface area contributed by atoms with Gasteiger partial charge in [0.1, 0.15) is 0 Å². The Morgan fingerprint density at radius 3 is 3.05 bits per heavy atom. The molecule has 1 aromatic rings. The van der Waals surface area contributed by atoms with Gasteiger partial charge in [0.25, 0.3) is 0 Å². The zero-order valence-corrected chi connectivity index (χ0v) is 11.5. The Kier molecular flexibility index (Phi) is 3.32. The molecule has 1 saturated carbocycles. The summed E-state index contributed by atoms with van der Waals surface area (Å²) >= 11 is 0. The highest BCUT2D eigenvalue weighted by atomic mass is 15.2. The van der Waals surface area contributed by atoms with Gasteiger partial charge in [-0.05, 0) is 37.8 Å². The molecule has 0 aromatic heterocycles. The van der Waals surface area contributed by atoms with E-state index in [0.29, 0.717) is 18.0 Å². The summed E-state index contributed by atoms with van der Waals surface area (Å²) in [5.41, 5.74) is 8.68. The highest BCUT2D eigenvalue weighted by Crippen LogP contribution is 2.29. The molecule has 2 aliphatic rings. The Bertz CT molecular complexity index is 479. The van der Waals surface area contributed by atoms with E-state index >= 15 is 0 Å². The lowest BCUT2D eigenvalue weighted by atomic mass is 10.2. The van der Waals surface area contributed by atoms with Gasteiger partial charge in [-0.2, -0.15) is 0 Å². The second kappa shape index (κ2) is 5.11. The molecule has 0 spiro atoms. The van der Waals surface area contributed by atoms with Crippen molar-refractivity contribution in [2.24, 2.45) is 10.7 Å². The van der Waals surface area contributed by atoms with Gasteiger partial charge in [0.15, 0.2) is 5.96 Å². The zero-order valence-electron chi connectivity index (χ0n) is 11.5. The van der Waals surface area contributed by atoms with Gasteiger partial charge >= 0.3 is 0 Å². The van der Waals surface area contributed by atoms with Crippen molar-refractivity contribution in [1.29, 1.82) is 0 Å². The summed E-state index contributed by atoms with van der Waals surface area (Å²) in [7, 11) is 0. The molecule has 1 aliphatic heterocycles. The van der Waals surface area contributed by atoms with Crippen molar-refractivity contribution in [3.05, 3.63) is 29.8 Å². The van der Waals surface area contributed by atoms with E-state index in [2.05, 4.69) is 46.4 Å². The molecule has 1 unspecified atom stereocenters. The Morgan fingerprint density at radius 1 is 1.47 bits per heavy atom. The third-order valence-electron chi connectivity index (χ3n) is 3.91. The number of nitrogens with two attached hydrogens (primary N) is 1. The van der Waals surface area contributed by atoms with Crippen LogP contribution in [0.15, 0.2) is 29.3 Å². The molecule has 19 heavy (non-hydrogen) atoms. The van der Waals surface area contributed by atoms with Gasteiger partial charge in [-0.1, -0.05) is 18.2 Å². The van der Waals surface area contributed by atoms with Crippen LogP contribution >= 0.6 is 0 Å². The first-order chi connectivity index (χ1) is 9.24. The number of para-hydroxylation sites is 1. The first kappa shape index (κ1) is 12.3. The number of hydrogen-bond donors (Lipinski definition) is 2. The normalized spacial score (nSPS) is 20.3. The van der Waals surface area contributed by atoms with Crippen LogP contribution in [0.3, 0.4) is 0 Å². The molecule has 102 valence electrons. The Balaban J connectivity index is 1.60. The van der Waals surface area contributed by atoms with Crippen LogP contribution in [0, 0.1) is 0 Å². The number of rotatable bonds is 4. The van der Waals surface area contributed by atoms with Crippen LogP contribution in [0.5, 0.6) is 0 Å². The summed E-state index contributed by atoms with van der Waals surface area (Å²) in [5.74, 6) is 0.599. The predicted molar refractivity (Wildman–Crippen MR) is 79.6 cm³/mol. The monoisotopic (exact) mass is 258 g/mol. The number of guanidine groups is 1. The minimum Gasteiger partial charge on any atom is -0.370 e. The number of hydrogen-bond acceptors (Lipinski definition) is 2.